The topological polar surface area (TPSA) is 12.0 Å². The maximum absolute atomic E-state index is 13.8. The third-order valence-electron chi connectivity index (χ3n) is 2.71. The van der Waals surface area contributed by atoms with E-state index in [0.717, 1.165) is 24.2 Å². The van der Waals surface area contributed by atoms with E-state index in [0.29, 0.717) is 6.42 Å². The molecule has 18 heavy (non-hydrogen) atoms. The summed E-state index contributed by atoms with van der Waals surface area (Å²) in [4.78, 5) is 0. The number of hydrogen-bond donors (Lipinski definition) is 1. The fraction of sp³-hybridized carbons (Fsp3) is 0.467. The zero-order valence-corrected chi connectivity index (χ0v) is 11.3. The SMILES string of the molecule is C=C(Cc1ccc(F)c(C(C)(C)F)c1)NCCC. The van der Waals surface area contributed by atoms with Crippen LogP contribution in [-0.4, -0.2) is 6.54 Å². The first kappa shape index (κ1) is 14.7. The van der Waals surface area contributed by atoms with Gasteiger partial charge in [-0.2, -0.15) is 0 Å². The van der Waals surface area contributed by atoms with Crippen LogP contribution in [0.3, 0.4) is 0 Å². The van der Waals surface area contributed by atoms with Gasteiger partial charge in [-0.15, -0.1) is 0 Å². The average molecular weight is 253 g/mol. The number of rotatable bonds is 6. The Kier molecular flexibility index (Phi) is 4.88. The highest BCUT2D eigenvalue weighted by molar-refractivity contribution is 5.31. The Morgan fingerprint density at radius 2 is 2.06 bits per heavy atom. The lowest BCUT2D eigenvalue weighted by Gasteiger charge is -2.17. The van der Waals surface area contributed by atoms with Crippen molar-refractivity contribution in [3.8, 4) is 0 Å². The van der Waals surface area contributed by atoms with Crippen LogP contribution in [0.1, 0.15) is 38.3 Å². The minimum absolute atomic E-state index is 0.100. The molecule has 0 bridgehead atoms. The minimum atomic E-state index is -1.67. The molecule has 0 saturated carbocycles. The normalized spacial score (nSPS) is 11.4. The number of allylic oxidation sites excluding steroid dienone is 1. The van der Waals surface area contributed by atoms with E-state index in [1.165, 1.54) is 19.9 Å². The lowest BCUT2D eigenvalue weighted by Crippen LogP contribution is -2.16. The van der Waals surface area contributed by atoms with Crippen molar-refractivity contribution in [3.63, 3.8) is 0 Å². The van der Waals surface area contributed by atoms with Gasteiger partial charge in [0, 0.05) is 24.2 Å². The van der Waals surface area contributed by atoms with Crippen molar-refractivity contribution in [2.24, 2.45) is 0 Å². The smallest absolute Gasteiger partial charge is 0.133 e. The summed E-state index contributed by atoms with van der Waals surface area (Å²) in [6.07, 6.45) is 1.61. The summed E-state index contributed by atoms with van der Waals surface area (Å²) in [5.41, 5.74) is 0.165. The molecular weight excluding hydrogens is 232 g/mol. The lowest BCUT2D eigenvalue weighted by molar-refractivity contribution is 0.213. The minimum Gasteiger partial charge on any atom is -0.389 e. The van der Waals surface area contributed by atoms with Crippen LogP contribution in [0.25, 0.3) is 0 Å². The first-order valence-electron chi connectivity index (χ1n) is 6.24. The van der Waals surface area contributed by atoms with Crippen molar-refractivity contribution >= 4 is 0 Å². The Morgan fingerprint density at radius 3 is 2.61 bits per heavy atom. The van der Waals surface area contributed by atoms with E-state index in [1.807, 2.05) is 0 Å². The first-order valence-corrected chi connectivity index (χ1v) is 6.24. The number of benzene rings is 1. The summed E-state index contributed by atoms with van der Waals surface area (Å²) in [5, 5.41) is 3.17. The highest BCUT2D eigenvalue weighted by Crippen LogP contribution is 2.28. The van der Waals surface area contributed by atoms with Crippen LogP contribution >= 0.6 is 0 Å². The Balaban J connectivity index is 2.83. The summed E-state index contributed by atoms with van der Waals surface area (Å²) < 4.78 is 27.4. The highest BCUT2D eigenvalue weighted by atomic mass is 19.1. The molecule has 0 fully saturated rings. The Hall–Kier alpha value is -1.38. The van der Waals surface area contributed by atoms with Gasteiger partial charge in [-0.25, -0.2) is 8.78 Å². The van der Waals surface area contributed by atoms with Crippen molar-refractivity contribution in [2.75, 3.05) is 6.54 Å². The molecule has 1 aromatic rings. The van der Waals surface area contributed by atoms with Gasteiger partial charge in [0.2, 0.25) is 0 Å². The zero-order chi connectivity index (χ0) is 13.8. The van der Waals surface area contributed by atoms with Crippen LogP contribution in [0.5, 0.6) is 0 Å². The molecule has 1 nitrogen and oxygen atoms in total. The third kappa shape index (κ3) is 4.13. The summed E-state index contributed by atoms with van der Waals surface area (Å²) in [7, 11) is 0. The molecule has 0 amide bonds. The summed E-state index contributed by atoms with van der Waals surface area (Å²) in [6, 6.07) is 4.57. The fourth-order valence-electron chi connectivity index (χ4n) is 1.75. The van der Waals surface area contributed by atoms with E-state index in [1.54, 1.807) is 12.1 Å². The van der Waals surface area contributed by atoms with Crippen LogP contribution in [0.15, 0.2) is 30.5 Å². The van der Waals surface area contributed by atoms with Crippen LogP contribution < -0.4 is 5.32 Å². The van der Waals surface area contributed by atoms with Gasteiger partial charge in [0.15, 0.2) is 0 Å². The van der Waals surface area contributed by atoms with Gasteiger partial charge in [0.05, 0.1) is 0 Å². The molecule has 3 heteroatoms. The van der Waals surface area contributed by atoms with Gasteiger partial charge >= 0.3 is 0 Å². The number of hydrogen-bond acceptors (Lipinski definition) is 1. The molecule has 0 aliphatic rings. The Bertz CT molecular complexity index is 419. The van der Waals surface area contributed by atoms with Crippen molar-refractivity contribution in [3.05, 3.63) is 47.4 Å². The number of alkyl halides is 1. The van der Waals surface area contributed by atoms with Gasteiger partial charge in [0.25, 0.3) is 0 Å². The van der Waals surface area contributed by atoms with Gasteiger partial charge in [-0.3, -0.25) is 0 Å². The Labute approximate surface area is 108 Å². The van der Waals surface area contributed by atoms with Gasteiger partial charge in [-0.1, -0.05) is 19.6 Å². The van der Waals surface area contributed by atoms with E-state index < -0.39 is 11.5 Å². The average Bonchev–Trinajstić information content (AvgIpc) is 2.27. The molecule has 0 radical (unpaired) electrons. The monoisotopic (exact) mass is 253 g/mol. The van der Waals surface area contributed by atoms with E-state index in [4.69, 9.17) is 0 Å². The molecule has 0 aromatic heterocycles. The molecule has 0 unspecified atom stereocenters. The highest BCUT2D eigenvalue weighted by Gasteiger charge is 2.23. The summed E-state index contributed by atoms with van der Waals surface area (Å²) in [6.45, 7) is 9.56. The molecular formula is C15H21F2N. The predicted molar refractivity (Wildman–Crippen MR) is 71.7 cm³/mol. The summed E-state index contributed by atoms with van der Waals surface area (Å²) in [5.74, 6) is -0.502. The predicted octanol–water partition coefficient (Wildman–Crippen LogP) is 4.09. The lowest BCUT2D eigenvalue weighted by atomic mass is 9.96. The van der Waals surface area contributed by atoms with Crippen molar-refractivity contribution in [1.29, 1.82) is 0 Å². The van der Waals surface area contributed by atoms with Crippen LogP contribution in [0.4, 0.5) is 8.78 Å². The molecule has 0 atom stereocenters. The molecule has 1 N–H and O–H groups in total. The second-order valence-corrected chi connectivity index (χ2v) is 4.99. The number of nitrogens with one attached hydrogen (secondary N) is 1. The largest absolute Gasteiger partial charge is 0.389 e. The van der Waals surface area contributed by atoms with Crippen molar-refractivity contribution < 1.29 is 8.78 Å². The second kappa shape index (κ2) is 5.98. The van der Waals surface area contributed by atoms with Gasteiger partial charge in [0.1, 0.15) is 11.5 Å². The van der Waals surface area contributed by atoms with E-state index in [9.17, 15) is 8.78 Å². The van der Waals surface area contributed by atoms with E-state index in [2.05, 4.69) is 18.8 Å². The molecule has 0 heterocycles. The number of halogens is 2. The molecule has 0 aliphatic heterocycles. The zero-order valence-electron chi connectivity index (χ0n) is 11.3. The third-order valence-corrected chi connectivity index (χ3v) is 2.71. The maximum atomic E-state index is 13.8. The van der Waals surface area contributed by atoms with Crippen LogP contribution in [0.2, 0.25) is 0 Å². The molecule has 1 aromatic carbocycles. The maximum Gasteiger partial charge on any atom is 0.133 e. The van der Waals surface area contributed by atoms with E-state index >= 15 is 0 Å². The standard InChI is InChI=1S/C15H21F2N/c1-5-8-18-11(2)9-12-6-7-14(16)13(10-12)15(3,4)17/h6-7,10,18H,2,5,8-9H2,1,3-4H3. The second-order valence-electron chi connectivity index (χ2n) is 4.99. The fourth-order valence-corrected chi connectivity index (χ4v) is 1.75. The van der Waals surface area contributed by atoms with Crippen LogP contribution in [0, 0.1) is 5.82 Å². The first-order chi connectivity index (χ1) is 8.34. The van der Waals surface area contributed by atoms with Gasteiger partial charge < -0.3 is 5.32 Å². The van der Waals surface area contributed by atoms with Crippen molar-refractivity contribution in [2.45, 2.75) is 39.3 Å². The van der Waals surface area contributed by atoms with Crippen molar-refractivity contribution in [1.82, 2.24) is 5.32 Å². The molecule has 1 rings (SSSR count). The molecule has 100 valence electrons. The summed E-state index contributed by atoms with van der Waals surface area (Å²) >= 11 is 0. The molecule has 0 aliphatic carbocycles. The Morgan fingerprint density at radius 1 is 1.39 bits per heavy atom. The van der Waals surface area contributed by atoms with Crippen LogP contribution in [-0.2, 0) is 12.1 Å². The van der Waals surface area contributed by atoms with E-state index in [-0.39, 0.29) is 5.56 Å². The molecule has 0 saturated heterocycles. The quantitative estimate of drug-likeness (QED) is 0.805. The van der Waals surface area contributed by atoms with Gasteiger partial charge in [-0.05, 0) is 38.0 Å². The molecule has 0 spiro atoms.